The number of aromatic nitrogens is 6. The molecule has 1 aliphatic heterocycles. The van der Waals surface area contributed by atoms with Gasteiger partial charge < -0.3 is 9.42 Å². The number of fused-ring (bicyclic) bond motifs is 1. The highest BCUT2D eigenvalue weighted by Crippen LogP contribution is 2.32. The summed E-state index contributed by atoms with van der Waals surface area (Å²) >= 11 is 0. The van der Waals surface area contributed by atoms with Crippen LogP contribution in [0.15, 0.2) is 10.9 Å². The number of nitrogens with zero attached hydrogens (tertiary/aromatic N) is 7. The minimum absolute atomic E-state index is 0.362. The van der Waals surface area contributed by atoms with Crippen LogP contribution in [0.4, 0.5) is 5.69 Å². The van der Waals surface area contributed by atoms with Gasteiger partial charge in [-0.3, -0.25) is 0 Å². The third kappa shape index (κ3) is 2.34. The van der Waals surface area contributed by atoms with E-state index in [1.807, 2.05) is 13.8 Å². The van der Waals surface area contributed by atoms with E-state index in [1.54, 1.807) is 10.8 Å². The Morgan fingerprint density at radius 2 is 1.96 bits per heavy atom. The predicted molar refractivity (Wildman–Crippen MR) is 83.5 cm³/mol. The summed E-state index contributed by atoms with van der Waals surface area (Å²) in [5, 5.41) is 16.8. The van der Waals surface area contributed by atoms with Crippen LogP contribution >= 0.6 is 0 Å². The molecular formula is C15H19N7O. The van der Waals surface area contributed by atoms with Crippen LogP contribution in [-0.2, 0) is 0 Å². The first-order chi connectivity index (χ1) is 11.1. The maximum atomic E-state index is 5.11. The summed E-state index contributed by atoms with van der Waals surface area (Å²) in [6, 6.07) is 0. The van der Waals surface area contributed by atoms with Crippen molar-refractivity contribution in [3.63, 3.8) is 0 Å². The Morgan fingerprint density at radius 1 is 1.17 bits per heavy atom. The molecule has 1 aliphatic rings. The van der Waals surface area contributed by atoms with Gasteiger partial charge in [-0.2, -0.15) is 14.6 Å². The standard InChI is InChI=1S/C15H19N7O/c1-9-10(2)19-22-8-16-18-15(22)13(9)21-6-4-12(5-7-21)14-17-11(3)23-20-14/h8,12H,4-7H2,1-3H3. The fourth-order valence-electron chi connectivity index (χ4n) is 3.26. The van der Waals surface area contributed by atoms with Crippen molar-refractivity contribution in [3.05, 3.63) is 29.3 Å². The van der Waals surface area contributed by atoms with Gasteiger partial charge in [-0.25, -0.2) is 0 Å². The van der Waals surface area contributed by atoms with Gasteiger partial charge in [0.1, 0.15) is 6.33 Å². The van der Waals surface area contributed by atoms with E-state index in [-0.39, 0.29) is 0 Å². The molecule has 0 radical (unpaired) electrons. The molecule has 4 rings (SSSR count). The molecule has 8 nitrogen and oxygen atoms in total. The highest BCUT2D eigenvalue weighted by Gasteiger charge is 2.27. The van der Waals surface area contributed by atoms with Crippen LogP contribution < -0.4 is 4.90 Å². The van der Waals surface area contributed by atoms with E-state index < -0.39 is 0 Å². The first kappa shape index (κ1) is 14.1. The lowest BCUT2D eigenvalue weighted by Crippen LogP contribution is -2.34. The molecule has 0 spiro atoms. The molecule has 120 valence electrons. The number of aryl methyl sites for hydroxylation is 2. The molecule has 0 N–H and O–H groups in total. The first-order valence-electron chi connectivity index (χ1n) is 7.86. The highest BCUT2D eigenvalue weighted by atomic mass is 16.5. The first-order valence-corrected chi connectivity index (χ1v) is 7.86. The molecule has 4 heterocycles. The van der Waals surface area contributed by atoms with Crippen LogP contribution in [0.25, 0.3) is 5.65 Å². The number of anilines is 1. The van der Waals surface area contributed by atoms with Crippen molar-refractivity contribution in [2.75, 3.05) is 18.0 Å². The number of piperidine rings is 1. The van der Waals surface area contributed by atoms with Gasteiger partial charge in [-0.15, -0.1) is 10.2 Å². The van der Waals surface area contributed by atoms with Crippen molar-refractivity contribution in [2.45, 2.75) is 39.5 Å². The largest absolute Gasteiger partial charge is 0.368 e. The zero-order chi connectivity index (χ0) is 16.0. The summed E-state index contributed by atoms with van der Waals surface area (Å²) in [7, 11) is 0. The third-order valence-electron chi connectivity index (χ3n) is 4.62. The van der Waals surface area contributed by atoms with Gasteiger partial charge in [0.05, 0.1) is 11.4 Å². The molecule has 1 fully saturated rings. The summed E-state index contributed by atoms with van der Waals surface area (Å²) < 4.78 is 6.86. The topological polar surface area (TPSA) is 85.2 Å². The summed E-state index contributed by atoms with van der Waals surface area (Å²) in [5.74, 6) is 1.83. The Bertz CT molecular complexity index is 845. The van der Waals surface area contributed by atoms with E-state index in [2.05, 4.69) is 37.3 Å². The lowest BCUT2D eigenvalue weighted by atomic mass is 9.95. The van der Waals surface area contributed by atoms with Gasteiger partial charge in [0.25, 0.3) is 0 Å². The summed E-state index contributed by atoms with van der Waals surface area (Å²) in [5.41, 5.74) is 4.13. The van der Waals surface area contributed by atoms with Crippen molar-refractivity contribution in [1.29, 1.82) is 0 Å². The summed E-state index contributed by atoms with van der Waals surface area (Å²) in [6.07, 6.45) is 3.65. The van der Waals surface area contributed by atoms with Gasteiger partial charge in [0.2, 0.25) is 11.5 Å². The average molecular weight is 313 g/mol. The van der Waals surface area contributed by atoms with Gasteiger partial charge in [0.15, 0.2) is 5.82 Å². The highest BCUT2D eigenvalue weighted by molar-refractivity contribution is 5.72. The molecule has 0 unspecified atom stereocenters. The smallest absolute Gasteiger partial charge is 0.223 e. The van der Waals surface area contributed by atoms with Gasteiger partial charge >= 0.3 is 0 Å². The number of hydrogen-bond donors (Lipinski definition) is 0. The van der Waals surface area contributed by atoms with Crippen molar-refractivity contribution >= 4 is 11.3 Å². The molecule has 8 heteroatoms. The summed E-state index contributed by atoms with van der Waals surface area (Å²) in [4.78, 5) is 6.75. The Hall–Kier alpha value is -2.51. The average Bonchev–Trinajstić information content (AvgIpc) is 3.17. The van der Waals surface area contributed by atoms with Gasteiger partial charge in [-0.1, -0.05) is 5.16 Å². The van der Waals surface area contributed by atoms with Crippen molar-refractivity contribution < 1.29 is 4.52 Å². The van der Waals surface area contributed by atoms with Crippen LogP contribution in [0.5, 0.6) is 0 Å². The minimum atomic E-state index is 0.362. The SMILES string of the molecule is Cc1nc(C2CCN(c3c(C)c(C)nn4cnnc34)CC2)no1. The minimum Gasteiger partial charge on any atom is -0.368 e. The lowest BCUT2D eigenvalue weighted by Gasteiger charge is -2.33. The zero-order valence-corrected chi connectivity index (χ0v) is 13.5. The summed E-state index contributed by atoms with van der Waals surface area (Å²) in [6.45, 7) is 7.82. The molecule has 0 bridgehead atoms. The van der Waals surface area contributed by atoms with Gasteiger partial charge in [0, 0.05) is 25.9 Å². The van der Waals surface area contributed by atoms with E-state index >= 15 is 0 Å². The maximum absolute atomic E-state index is 5.11. The second kappa shape index (κ2) is 5.29. The fraction of sp³-hybridized carbons (Fsp3) is 0.533. The van der Waals surface area contributed by atoms with Crippen LogP contribution in [0.1, 0.15) is 41.7 Å². The second-order valence-corrected chi connectivity index (χ2v) is 6.09. The molecule has 0 amide bonds. The monoisotopic (exact) mass is 313 g/mol. The third-order valence-corrected chi connectivity index (χ3v) is 4.62. The van der Waals surface area contributed by atoms with Crippen molar-refractivity contribution in [3.8, 4) is 0 Å². The van der Waals surface area contributed by atoms with Crippen LogP contribution in [0.2, 0.25) is 0 Å². The van der Waals surface area contributed by atoms with E-state index in [9.17, 15) is 0 Å². The Kier molecular flexibility index (Phi) is 3.24. The van der Waals surface area contributed by atoms with E-state index in [0.29, 0.717) is 11.8 Å². The normalized spacial score (nSPS) is 16.4. The second-order valence-electron chi connectivity index (χ2n) is 6.09. The molecule has 0 aromatic carbocycles. The van der Waals surface area contributed by atoms with Gasteiger partial charge in [-0.05, 0) is 32.3 Å². The molecule has 3 aromatic heterocycles. The molecular weight excluding hydrogens is 294 g/mol. The molecule has 0 atom stereocenters. The predicted octanol–water partition coefficient (Wildman–Crippen LogP) is 1.82. The van der Waals surface area contributed by atoms with Crippen LogP contribution in [-0.4, -0.2) is 43.0 Å². The molecule has 0 aliphatic carbocycles. The molecule has 23 heavy (non-hydrogen) atoms. The van der Waals surface area contributed by atoms with E-state index in [1.165, 1.54) is 5.56 Å². The Labute approximate surface area is 133 Å². The van der Waals surface area contributed by atoms with Crippen molar-refractivity contribution in [1.82, 2.24) is 30.0 Å². The quantitative estimate of drug-likeness (QED) is 0.713. The zero-order valence-electron chi connectivity index (χ0n) is 13.5. The molecule has 1 saturated heterocycles. The Balaban J connectivity index is 1.61. The molecule has 0 saturated carbocycles. The van der Waals surface area contributed by atoms with Crippen LogP contribution in [0.3, 0.4) is 0 Å². The molecule has 3 aromatic rings. The lowest BCUT2D eigenvalue weighted by molar-refractivity contribution is 0.375. The van der Waals surface area contributed by atoms with Crippen molar-refractivity contribution in [2.24, 2.45) is 0 Å². The van der Waals surface area contributed by atoms with E-state index in [4.69, 9.17) is 4.52 Å². The van der Waals surface area contributed by atoms with E-state index in [0.717, 1.165) is 48.8 Å². The fourth-order valence-corrected chi connectivity index (χ4v) is 3.26. The number of rotatable bonds is 2. The number of hydrogen-bond acceptors (Lipinski definition) is 7. The van der Waals surface area contributed by atoms with Crippen LogP contribution in [0, 0.1) is 20.8 Å². The maximum Gasteiger partial charge on any atom is 0.223 e. The Morgan fingerprint density at radius 3 is 2.65 bits per heavy atom.